The zero-order valence-corrected chi connectivity index (χ0v) is 19.4. The molecule has 0 saturated carbocycles. The molecule has 0 bridgehead atoms. The molecule has 0 saturated heterocycles. The summed E-state index contributed by atoms with van der Waals surface area (Å²) in [5, 5.41) is 10.5. The van der Waals surface area contributed by atoms with E-state index in [0.717, 1.165) is 21.4 Å². The monoisotopic (exact) mass is 463 g/mol. The lowest BCUT2D eigenvalue weighted by Crippen LogP contribution is -2.37. The number of hydrogen-bond donors (Lipinski definition) is 1. The van der Waals surface area contributed by atoms with Crippen molar-refractivity contribution in [3.63, 3.8) is 0 Å². The number of phenols is 1. The fraction of sp³-hybridized carbons (Fsp3) is 0.280. The molecule has 2 aromatic heterocycles. The Kier molecular flexibility index (Phi) is 5.21. The molecule has 0 spiro atoms. The molecule has 3 heterocycles. The van der Waals surface area contributed by atoms with Gasteiger partial charge < -0.3 is 23.9 Å². The van der Waals surface area contributed by atoms with Crippen molar-refractivity contribution in [3.8, 4) is 28.5 Å². The molecule has 4 aromatic rings. The van der Waals surface area contributed by atoms with E-state index >= 15 is 0 Å². The molecular formula is C25H25N3O6. The van der Waals surface area contributed by atoms with Gasteiger partial charge in [0, 0.05) is 20.6 Å². The van der Waals surface area contributed by atoms with Gasteiger partial charge in [-0.3, -0.25) is 13.9 Å². The first-order chi connectivity index (χ1) is 16.4. The summed E-state index contributed by atoms with van der Waals surface area (Å²) in [6, 6.07) is 12.5. The molecule has 5 rings (SSSR count). The topological polar surface area (TPSA) is 96.9 Å². The summed E-state index contributed by atoms with van der Waals surface area (Å²) in [5.74, 6) is 1.04. The van der Waals surface area contributed by atoms with Crippen molar-refractivity contribution in [1.29, 1.82) is 0 Å². The molecular weight excluding hydrogens is 438 g/mol. The molecule has 34 heavy (non-hydrogen) atoms. The fourth-order valence-electron chi connectivity index (χ4n) is 4.74. The first-order valence-corrected chi connectivity index (χ1v) is 10.8. The maximum atomic E-state index is 13.4. The van der Waals surface area contributed by atoms with Gasteiger partial charge in [0.2, 0.25) is 0 Å². The van der Waals surface area contributed by atoms with E-state index < -0.39 is 11.8 Å². The highest BCUT2D eigenvalue weighted by Crippen LogP contribution is 2.42. The van der Waals surface area contributed by atoms with Crippen LogP contribution in [0.25, 0.3) is 22.2 Å². The van der Waals surface area contributed by atoms with Crippen molar-refractivity contribution >= 4 is 10.9 Å². The number of hydrogen-bond acceptors (Lipinski definition) is 6. The second-order valence-corrected chi connectivity index (χ2v) is 8.23. The predicted molar refractivity (Wildman–Crippen MR) is 127 cm³/mol. The molecule has 176 valence electrons. The first kappa shape index (κ1) is 21.8. The van der Waals surface area contributed by atoms with Crippen LogP contribution in [0.15, 0.2) is 52.1 Å². The molecule has 1 N–H and O–H groups in total. The van der Waals surface area contributed by atoms with E-state index in [1.54, 1.807) is 32.4 Å². The van der Waals surface area contributed by atoms with Crippen LogP contribution in [0.5, 0.6) is 17.2 Å². The van der Waals surface area contributed by atoms with Crippen LogP contribution in [0.2, 0.25) is 0 Å². The van der Waals surface area contributed by atoms with Crippen molar-refractivity contribution in [3.05, 3.63) is 74.6 Å². The summed E-state index contributed by atoms with van der Waals surface area (Å²) < 4.78 is 21.5. The second kappa shape index (κ2) is 8.11. The number of rotatable bonds is 4. The minimum Gasteiger partial charge on any atom is -0.504 e. The quantitative estimate of drug-likeness (QED) is 0.500. The Labute approximate surface area is 195 Å². The molecule has 9 heteroatoms. The average Bonchev–Trinajstić information content (AvgIpc) is 3.22. The zero-order valence-electron chi connectivity index (χ0n) is 19.4. The Hall–Kier alpha value is -3.98. The average molecular weight is 463 g/mol. The van der Waals surface area contributed by atoms with Gasteiger partial charge in [-0.05, 0) is 47.5 Å². The molecule has 1 atom stereocenters. The molecule has 0 fully saturated rings. The van der Waals surface area contributed by atoms with Gasteiger partial charge in [-0.1, -0.05) is 6.07 Å². The Balaban J connectivity index is 1.88. The van der Waals surface area contributed by atoms with Gasteiger partial charge in [-0.15, -0.1) is 0 Å². The maximum Gasteiger partial charge on any atom is 0.331 e. The molecule has 0 radical (unpaired) electrons. The van der Waals surface area contributed by atoms with Crippen LogP contribution in [0, 0.1) is 0 Å². The lowest BCUT2D eigenvalue weighted by atomic mass is 10.0. The van der Waals surface area contributed by atoms with E-state index in [0.29, 0.717) is 41.2 Å². The minimum atomic E-state index is -0.574. The highest BCUT2D eigenvalue weighted by Gasteiger charge is 2.33. The Morgan fingerprint density at radius 3 is 2.41 bits per heavy atom. The molecule has 2 aromatic carbocycles. The van der Waals surface area contributed by atoms with Gasteiger partial charge >= 0.3 is 5.69 Å². The van der Waals surface area contributed by atoms with Crippen LogP contribution in [0.1, 0.15) is 17.4 Å². The van der Waals surface area contributed by atoms with Gasteiger partial charge in [0.05, 0.1) is 43.1 Å². The second-order valence-electron chi connectivity index (χ2n) is 8.23. The number of methoxy groups -OCH3 is 2. The highest BCUT2D eigenvalue weighted by molar-refractivity contribution is 5.96. The van der Waals surface area contributed by atoms with Gasteiger partial charge in [-0.2, -0.15) is 0 Å². The van der Waals surface area contributed by atoms with Gasteiger partial charge in [0.15, 0.2) is 11.5 Å². The third-order valence-electron chi connectivity index (χ3n) is 6.42. The van der Waals surface area contributed by atoms with Crippen LogP contribution in [-0.2, 0) is 25.4 Å². The normalized spacial score (nSPS) is 15.4. The standard InChI is InChI=1S/C25H25N3O6/c1-26-21-19(24(30)27(2)25(26)31)20(14-5-8-16(32-3)9-6-14)28-11-12-34-23(22(21)28)15-7-10-17(29)18(13-15)33-4/h5-10,13,23,29H,11-12H2,1-4H3. The largest absolute Gasteiger partial charge is 0.504 e. The van der Waals surface area contributed by atoms with Crippen LogP contribution < -0.4 is 20.7 Å². The number of aromatic hydroxyl groups is 1. The lowest BCUT2D eigenvalue weighted by Gasteiger charge is -2.28. The highest BCUT2D eigenvalue weighted by atomic mass is 16.5. The minimum absolute atomic E-state index is 0.0162. The Morgan fingerprint density at radius 2 is 1.74 bits per heavy atom. The van der Waals surface area contributed by atoms with Crippen molar-refractivity contribution in [2.45, 2.75) is 12.6 Å². The fourth-order valence-corrected chi connectivity index (χ4v) is 4.74. The number of aromatic nitrogens is 3. The Morgan fingerprint density at radius 1 is 1.00 bits per heavy atom. The van der Waals surface area contributed by atoms with E-state index in [1.165, 1.54) is 18.7 Å². The molecule has 9 nitrogen and oxygen atoms in total. The maximum absolute atomic E-state index is 13.4. The van der Waals surface area contributed by atoms with Crippen molar-refractivity contribution in [2.75, 3.05) is 20.8 Å². The first-order valence-electron chi connectivity index (χ1n) is 10.8. The number of ether oxygens (including phenoxy) is 3. The molecule has 1 unspecified atom stereocenters. The smallest absolute Gasteiger partial charge is 0.331 e. The third kappa shape index (κ3) is 3.12. The van der Waals surface area contributed by atoms with E-state index in [9.17, 15) is 14.7 Å². The molecule has 0 aliphatic carbocycles. The number of phenolic OH excluding ortho intramolecular Hbond substituents is 1. The van der Waals surface area contributed by atoms with Crippen molar-refractivity contribution in [2.24, 2.45) is 14.1 Å². The zero-order chi connectivity index (χ0) is 24.1. The number of aryl methyl sites for hydroxylation is 1. The summed E-state index contributed by atoms with van der Waals surface area (Å²) in [4.78, 5) is 26.4. The number of benzene rings is 2. The Bertz CT molecular complexity index is 1530. The van der Waals surface area contributed by atoms with Gasteiger partial charge in [0.25, 0.3) is 5.56 Å². The van der Waals surface area contributed by atoms with Crippen LogP contribution in [-0.4, -0.2) is 39.6 Å². The summed E-state index contributed by atoms with van der Waals surface area (Å²) in [6.45, 7) is 0.910. The molecule has 0 amide bonds. The van der Waals surface area contributed by atoms with E-state index in [1.807, 2.05) is 24.3 Å². The van der Waals surface area contributed by atoms with Crippen LogP contribution in [0.4, 0.5) is 0 Å². The van der Waals surface area contributed by atoms with E-state index in [-0.39, 0.29) is 11.3 Å². The van der Waals surface area contributed by atoms with Gasteiger partial charge in [-0.25, -0.2) is 4.79 Å². The molecule has 1 aliphatic rings. The third-order valence-corrected chi connectivity index (χ3v) is 6.42. The van der Waals surface area contributed by atoms with Gasteiger partial charge in [0.1, 0.15) is 11.9 Å². The number of nitrogens with zero attached hydrogens (tertiary/aromatic N) is 3. The number of fused-ring (bicyclic) bond motifs is 3. The van der Waals surface area contributed by atoms with Crippen molar-refractivity contribution in [1.82, 2.24) is 13.7 Å². The SMILES string of the molecule is COc1ccc(-c2c3c(=O)n(C)c(=O)n(C)c3c3n2CCOC3c2ccc(O)c(OC)c2)cc1. The lowest BCUT2D eigenvalue weighted by molar-refractivity contribution is 0.0477. The van der Waals surface area contributed by atoms with E-state index in [4.69, 9.17) is 14.2 Å². The summed E-state index contributed by atoms with van der Waals surface area (Å²) in [5.41, 5.74) is 2.74. The summed E-state index contributed by atoms with van der Waals surface area (Å²) in [7, 11) is 6.22. The van der Waals surface area contributed by atoms with Crippen LogP contribution in [0.3, 0.4) is 0 Å². The van der Waals surface area contributed by atoms with Crippen LogP contribution >= 0.6 is 0 Å². The van der Waals surface area contributed by atoms with E-state index in [2.05, 4.69) is 4.57 Å². The summed E-state index contributed by atoms with van der Waals surface area (Å²) in [6.07, 6.45) is -0.574. The van der Waals surface area contributed by atoms with Crippen molar-refractivity contribution < 1.29 is 19.3 Å². The molecule has 1 aliphatic heterocycles. The summed E-state index contributed by atoms with van der Waals surface area (Å²) >= 11 is 0. The predicted octanol–water partition coefficient (Wildman–Crippen LogP) is 2.55.